The summed E-state index contributed by atoms with van der Waals surface area (Å²) < 4.78 is 29.4. The van der Waals surface area contributed by atoms with Crippen molar-refractivity contribution in [2.24, 2.45) is 0 Å². The molecule has 1 atom stereocenters. The van der Waals surface area contributed by atoms with Crippen LogP contribution in [0.4, 0.5) is 0 Å². The van der Waals surface area contributed by atoms with Crippen molar-refractivity contribution in [2.45, 2.75) is 23.2 Å². The van der Waals surface area contributed by atoms with E-state index in [2.05, 4.69) is 21.0 Å². The SMILES string of the molecule is C#Cc1ccc(CC(C(=O)O)n2cc(CNS(=O)(=O)c3ccc(-c4ccccc4)s3)nn2)cc1. The second-order valence-electron chi connectivity index (χ2n) is 7.40. The second kappa shape index (κ2) is 10.0. The lowest BCUT2D eigenvalue weighted by Gasteiger charge is -2.12. The molecule has 2 aromatic carbocycles. The van der Waals surface area contributed by atoms with Crippen molar-refractivity contribution in [2.75, 3.05) is 0 Å². The molecule has 1 unspecified atom stereocenters. The molecular weight excluding hydrogens is 472 g/mol. The zero-order valence-electron chi connectivity index (χ0n) is 17.8. The molecule has 0 saturated heterocycles. The number of sulfonamides is 1. The summed E-state index contributed by atoms with van der Waals surface area (Å²) in [5.41, 5.74) is 2.71. The Morgan fingerprint density at radius 1 is 1.12 bits per heavy atom. The van der Waals surface area contributed by atoms with Crippen LogP contribution in [0, 0.1) is 12.3 Å². The predicted molar refractivity (Wildman–Crippen MR) is 129 cm³/mol. The van der Waals surface area contributed by atoms with E-state index in [0.717, 1.165) is 27.3 Å². The van der Waals surface area contributed by atoms with Crippen molar-refractivity contribution in [1.82, 2.24) is 19.7 Å². The smallest absolute Gasteiger partial charge is 0.328 e. The maximum atomic E-state index is 12.7. The average molecular weight is 493 g/mol. The van der Waals surface area contributed by atoms with Crippen molar-refractivity contribution >= 4 is 27.3 Å². The monoisotopic (exact) mass is 492 g/mol. The van der Waals surface area contributed by atoms with Crippen LogP contribution in [0.25, 0.3) is 10.4 Å². The number of carbonyl (C=O) groups is 1. The van der Waals surface area contributed by atoms with Gasteiger partial charge in [0.2, 0.25) is 10.0 Å². The Balaban J connectivity index is 1.43. The second-order valence-corrected chi connectivity index (χ2v) is 10.5. The van der Waals surface area contributed by atoms with Crippen LogP contribution in [0.15, 0.2) is 77.1 Å². The predicted octanol–water partition coefficient (Wildman–Crippen LogP) is 3.33. The van der Waals surface area contributed by atoms with Crippen molar-refractivity contribution in [3.8, 4) is 22.8 Å². The van der Waals surface area contributed by atoms with Gasteiger partial charge in [0, 0.05) is 16.9 Å². The summed E-state index contributed by atoms with van der Waals surface area (Å²) in [5, 5.41) is 17.5. The molecule has 4 aromatic rings. The Labute approximate surface area is 200 Å². The molecule has 0 bridgehead atoms. The molecule has 0 aliphatic carbocycles. The Morgan fingerprint density at radius 2 is 1.85 bits per heavy atom. The molecular formula is C24H20N4O4S2. The quantitative estimate of drug-likeness (QED) is 0.347. The van der Waals surface area contributed by atoms with Crippen molar-refractivity contribution < 1.29 is 18.3 Å². The highest BCUT2D eigenvalue weighted by atomic mass is 32.2. The van der Waals surface area contributed by atoms with Gasteiger partial charge in [-0.05, 0) is 35.4 Å². The molecule has 4 rings (SSSR count). The summed E-state index contributed by atoms with van der Waals surface area (Å²) in [7, 11) is -3.77. The molecule has 0 fully saturated rings. The Kier molecular flexibility index (Phi) is 6.88. The molecule has 0 aliphatic rings. The van der Waals surface area contributed by atoms with Gasteiger partial charge in [-0.1, -0.05) is 53.6 Å². The number of aromatic nitrogens is 3. The van der Waals surface area contributed by atoms with E-state index in [4.69, 9.17) is 6.42 Å². The van der Waals surface area contributed by atoms with Crippen LogP contribution >= 0.6 is 11.3 Å². The number of terminal acetylenes is 1. The molecule has 172 valence electrons. The summed E-state index contributed by atoms with van der Waals surface area (Å²) in [5.74, 6) is 1.43. The molecule has 2 aromatic heterocycles. The molecule has 0 spiro atoms. The van der Waals surface area contributed by atoms with E-state index in [1.807, 2.05) is 30.3 Å². The highest BCUT2D eigenvalue weighted by Gasteiger charge is 2.23. The molecule has 0 amide bonds. The van der Waals surface area contributed by atoms with E-state index >= 15 is 0 Å². The molecule has 10 heteroatoms. The fourth-order valence-electron chi connectivity index (χ4n) is 3.26. The molecule has 34 heavy (non-hydrogen) atoms. The van der Waals surface area contributed by atoms with Gasteiger partial charge in [0.25, 0.3) is 0 Å². The Morgan fingerprint density at radius 3 is 2.53 bits per heavy atom. The maximum Gasteiger partial charge on any atom is 0.328 e. The Hall–Kier alpha value is -3.78. The van der Waals surface area contributed by atoms with Gasteiger partial charge in [-0.15, -0.1) is 22.9 Å². The number of hydrogen-bond donors (Lipinski definition) is 2. The number of thiophene rings is 1. The molecule has 8 nitrogen and oxygen atoms in total. The number of hydrogen-bond acceptors (Lipinski definition) is 6. The minimum atomic E-state index is -3.77. The zero-order chi connectivity index (χ0) is 24.1. The van der Waals surface area contributed by atoms with E-state index in [0.29, 0.717) is 11.3 Å². The fraction of sp³-hybridized carbons (Fsp3) is 0.125. The topological polar surface area (TPSA) is 114 Å². The third kappa shape index (κ3) is 5.40. The first-order valence-corrected chi connectivity index (χ1v) is 12.5. The normalized spacial score (nSPS) is 12.2. The maximum absolute atomic E-state index is 12.7. The molecule has 0 saturated carbocycles. The van der Waals surface area contributed by atoms with Crippen LogP contribution in [0.5, 0.6) is 0 Å². The number of carboxylic acids is 1. The summed E-state index contributed by atoms with van der Waals surface area (Å²) in [6.45, 7) is -0.121. The summed E-state index contributed by atoms with van der Waals surface area (Å²) >= 11 is 1.16. The highest BCUT2D eigenvalue weighted by Crippen LogP contribution is 2.30. The first-order valence-electron chi connectivity index (χ1n) is 10.2. The summed E-state index contributed by atoms with van der Waals surface area (Å²) in [6.07, 6.45) is 6.96. The first kappa shape index (κ1) is 23.4. The van der Waals surface area contributed by atoms with Gasteiger partial charge in [-0.2, -0.15) is 0 Å². The van der Waals surface area contributed by atoms with Crippen molar-refractivity contribution in [3.63, 3.8) is 0 Å². The molecule has 2 N–H and O–H groups in total. The lowest BCUT2D eigenvalue weighted by atomic mass is 10.0. The van der Waals surface area contributed by atoms with Gasteiger partial charge < -0.3 is 5.11 Å². The fourth-order valence-corrected chi connectivity index (χ4v) is 5.62. The zero-order valence-corrected chi connectivity index (χ0v) is 19.5. The van der Waals surface area contributed by atoms with Gasteiger partial charge in [-0.25, -0.2) is 22.6 Å². The lowest BCUT2D eigenvalue weighted by Crippen LogP contribution is -2.23. The number of benzene rings is 2. The van der Waals surface area contributed by atoms with Crippen LogP contribution < -0.4 is 4.72 Å². The largest absolute Gasteiger partial charge is 0.480 e. The van der Waals surface area contributed by atoms with E-state index in [-0.39, 0.29) is 17.2 Å². The number of aliphatic carboxylic acids is 1. The van der Waals surface area contributed by atoms with Gasteiger partial charge in [0.05, 0.1) is 18.4 Å². The van der Waals surface area contributed by atoms with E-state index < -0.39 is 22.0 Å². The number of nitrogens with zero attached hydrogens (tertiary/aromatic N) is 3. The number of nitrogens with one attached hydrogen (secondary N) is 1. The van der Waals surface area contributed by atoms with Crippen LogP contribution in [-0.4, -0.2) is 34.5 Å². The van der Waals surface area contributed by atoms with Crippen LogP contribution in [0.2, 0.25) is 0 Å². The molecule has 0 radical (unpaired) electrons. The van der Waals surface area contributed by atoms with Gasteiger partial charge in [0.1, 0.15) is 4.21 Å². The summed E-state index contributed by atoms with van der Waals surface area (Å²) in [4.78, 5) is 12.7. The minimum Gasteiger partial charge on any atom is -0.480 e. The third-order valence-corrected chi connectivity index (χ3v) is 8.09. The van der Waals surface area contributed by atoms with Gasteiger partial charge in [0.15, 0.2) is 6.04 Å². The minimum absolute atomic E-state index is 0.121. The van der Waals surface area contributed by atoms with E-state index in [1.54, 1.807) is 36.4 Å². The lowest BCUT2D eigenvalue weighted by molar-refractivity contribution is -0.141. The highest BCUT2D eigenvalue weighted by molar-refractivity contribution is 7.91. The molecule has 0 aliphatic heterocycles. The van der Waals surface area contributed by atoms with Crippen molar-refractivity contribution in [1.29, 1.82) is 0 Å². The van der Waals surface area contributed by atoms with Crippen LogP contribution in [0.1, 0.15) is 22.9 Å². The average Bonchev–Trinajstić information content (AvgIpc) is 3.53. The van der Waals surface area contributed by atoms with Gasteiger partial charge >= 0.3 is 5.97 Å². The molecule has 2 heterocycles. The third-order valence-electron chi connectivity index (χ3n) is 5.06. The first-order chi connectivity index (χ1) is 16.4. The van der Waals surface area contributed by atoms with Crippen LogP contribution in [0.3, 0.4) is 0 Å². The summed E-state index contributed by atoms with van der Waals surface area (Å²) in [6, 6.07) is 18.8. The number of rotatable bonds is 9. The Bertz CT molecular complexity index is 1440. The van der Waals surface area contributed by atoms with Crippen molar-refractivity contribution in [3.05, 3.63) is 89.7 Å². The van der Waals surface area contributed by atoms with E-state index in [1.165, 1.54) is 10.9 Å². The standard InChI is InChI=1S/C24H20N4O4S2/c1-2-17-8-10-18(11-9-17)14-21(24(29)30)28-16-20(26-27-28)15-25-34(31,32)23-13-12-22(33-23)19-6-4-3-5-7-19/h1,3-13,16,21,25H,14-15H2,(H,29,30). The van der Waals surface area contributed by atoms with Gasteiger partial charge in [-0.3, -0.25) is 0 Å². The van der Waals surface area contributed by atoms with Crippen LogP contribution in [-0.2, 0) is 27.8 Å². The van der Waals surface area contributed by atoms with E-state index in [9.17, 15) is 18.3 Å². The number of carboxylic acid groups (broad SMARTS) is 1.